The van der Waals surface area contributed by atoms with Gasteiger partial charge in [-0.05, 0) is 41.8 Å². The third kappa shape index (κ3) is 3.20. The van der Waals surface area contributed by atoms with Gasteiger partial charge in [0.1, 0.15) is 12.1 Å². The molecule has 0 bridgehead atoms. The van der Waals surface area contributed by atoms with Crippen molar-refractivity contribution in [2.45, 2.75) is 19.9 Å². The van der Waals surface area contributed by atoms with Crippen molar-refractivity contribution < 1.29 is 13.9 Å². The van der Waals surface area contributed by atoms with E-state index in [-0.39, 0.29) is 6.79 Å². The van der Waals surface area contributed by atoms with E-state index in [4.69, 9.17) is 13.9 Å². The number of nitrogens with one attached hydrogen (secondary N) is 1. The van der Waals surface area contributed by atoms with E-state index in [1.807, 2.05) is 18.2 Å². The molecule has 0 radical (unpaired) electrons. The van der Waals surface area contributed by atoms with Gasteiger partial charge in [-0.25, -0.2) is 9.97 Å². The van der Waals surface area contributed by atoms with Gasteiger partial charge in [0.2, 0.25) is 18.6 Å². The van der Waals surface area contributed by atoms with Gasteiger partial charge in [-0.1, -0.05) is 12.1 Å². The fraction of sp³-hybridized carbons (Fsp3) is 0.200. The Labute approximate surface area is 160 Å². The minimum Gasteiger partial charge on any atom is -0.454 e. The Hall–Kier alpha value is -3.68. The molecule has 2 aromatic carbocycles. The van der Waals surface area contributed by atoms with E-state index in [1.165, 1.54) is 0 Å². The van der Waals surface area contributed by atoms with E-state index >= 15 is 0 Å². The first-order chi connectivity index (χ1) is 13.7. The minimum absolute atomic E-state index is 0.278. The average Bonchev–Trinajstić information content (AvgIpc) is 3.34. The van der Waals surface area contributed by atoms with Gasteiger partial charge in [0.15, 0.2) is 11.5 Å². The molecule has 8 heteroatoms. The Bertz CT molecular complexity index is 1160. The summed E-state index contributed by atoms with van der Waals surface area (Å²) in [5.41, 5.74) is 3.17. The molecule has 1 aliphatic heterocycles. The van der Waals surface area contributed by atoms with Crippen molar-refractivity contribution in [3.63, 3.8) is 0 Å². The Morgan fingerprint density at radius 2 is 1.82 bits per heavy atom. The monoisotopic (exact) mass is 375 g/mol. The van der Waals surface area contributed by atoms with Crippen LogP contribution < -0.4 is 14.8 Å². The van der Waals surface area contributed by atoms with Crippen molar-refractivity contribution in [2.75, 3.05) is 12.1 Å². The summed E-state index contributed by atoms with van der Waals surface area (Å²) in [6, 6.07) is 12.2. The van der Waals surface area contributed by atoms with Crippen LogP contribution in [-0.4, -0.2) is 27.0 Å². The lowest BCUT2D eigenvalue weighted by Gasteiger charge is -2.09. The van der Waals surface area contributed by atoms with E-state index in [0.29, 0.717) is 18.3 Å². The van der Waals surface area contributed by atoms with Crippen LogP contribution in [0.3, 0.4) is 0 Å². The predicted octanol–water partition coefficient (Wildman–Crippen LogP) is 3.25. The summed E-state index contributed by atoms with van der Waals surface area (Å²) in [7, 11) is 0. The molecule has 0 amide bonds. The van der Waals surface area contributed by atoms with Crippen molar-refractivity contribution in [1.82, 2.24) is 20.2 Å². The summed E-state index contributed by atoms with van der Waals surface area (Å²) in [5.74, 6) is 3.36. The maximum absolute atomic E-state index is 5.47. The van der Waals surface area contributed by atoms with Gasteiger partial charge in [0.05, 0.1) is 12.1 Å². The van der Waals surface area contributed by atoms with E-state index < -0.39 is 0 Å². The van der Waals surface area contributed by atoms with Gasteiger partial charge in [-0.2, -0.15) is 0 Å². The van der Waals surface area contributed by atoms with Crippen LogP contribution in [0.5, 0.6) is 11.5 Å². The Morgan fingerprint density at radius 3 is 2.71 bits per heavy atom. The van der Waals surface area contributed by atoms with Crippen LogP contribution in [0, 0.1) is 6.92 Å². The van der Waals surface area contributed by atoms with Gasteiger partial charge in [-0.15, -0.1) is 10.2 Å². The van der Waals surface area contributed by atoms with E-state index in [1.54, 1.807) is 13.3 Å². The Morgan fingerprint density at radius 1 is 0.964 bits per heavy atom. The van der Waals surface area contributed by atoms with Crippen LogP contribution >= 0.6 is 0 Å². The molecule has 140 valence electrons. The summed E-state index contributed by atoms with van der Waals surface area (Å²) in [6.07, 6.45) is 2.31. The smallest absolute Gasteiger partial charge is 0.235 e. The molecule has 1 aliphatic rings. The average molecular weight is 375 g/mol. The SMILES string of the molecule is Cc1nnc(CNc2ncnc3ccc(Cc4ccc5c(c4)OCO5)cc23)o1. The maximum atomic E-state index is 5.47. The molecule has 0 atom stereocenters. The van der Waals surface area contributed by atoms with Crippen LogP contribution in [0.15, 0.2) is 47.1 Å². The molecule has 28 heavy (non-hydrogen) atoms. The Kier molecular flexibility index (Phi) is 4.01. The van der Waals surface area contributed by atoms with Crippen molar-refractivity contribution in [1.29, 1.82) is 0 Å². The highest BCUT2D eigenvalue weighted by Gasteiger charge is 2.14. The number of nitrogens with zero attached hydrogens (tertiary/aromatic N) is 4. The highest BCUT2D eigenvalue weighted by molar-refractivity contribution is 5.89. The zero-order valence-corrected chi connectivity index (χ0v) is 15.2. The molecule has 0 unspecified atom stereocenters. The molecule has 4 aromatic rings. The third-order valence-corrected chi connectivity index (χ3v) is 4.52. The molecular weight excluding hydrogens is 358 g/mol. The highest BCUT2D eigenvalue weighted by Crippen LogP contribution is 2.33. The number of anilines is 1. The number of fused-ring (bicyclic) bond motifs is 2. The van der Waals surface area contributed by atoms with Crippen molar-refractivity contribution in [3.05, 3.63) is 65.6 Å². The van der Waals surface area contributed by atoms with Crippen LogP contribution in [0.4, 0.5) is 5.82 Å². The maximum Gasteiger partial charge on any atom is 0.235 e. The van der Waals surface area contributed by atoms with E-state index in [9.17, 15) is 0 Å². The second kappa shape index (κ2) is 6.80. The zero-order valence-electron chi connectivity index (χ0n) is 15.2. The lowest BCUT2D eigenvalue weighted by atomic mass is 10.0. The lowest BCUT2D eigenvalue weighted by molar-refractivity contribution is 0.174. The largest absolute Gasteiger partial charge is 0.454 e. The zero-order chi connectivity index (χ0) is 18.9. The number of aryl methyl sites for hydroxylation is 1. The summed E-state index contributed by atoms with van der Waals surface area (Å²) in [4.78, 5) is 8.73. The van der Waals surface area contributed by atoms with E-state index in [0.717, 1.165) is 45.8 Å². The molecule has 0 fully saturated rings. The number of rotatable bonds is 5. The van der Waals surface area contributed by atoms with Crippen LogP contribution in [0.2, 0.25) is 0 Å². The van der Waals surface area contributed by atoms with Crippen molar-refractivity contribution >= 4 is 16.7 Å². The van der Waals surface area contributed by atoms with Crippen molar-refractivity contribution in [3.8, 4) is 11.5 Å². The second-order valence-corrected chi connectivity index (χ2v) is 6.51. The summed E-state index contributed by atoms with van der Waals surface area (Å²) >= 11 is 0. The first kappa shape index (κ1) is 16.5. The van der Waals surface area contributed by atoms with Gasteiger partial charge >= 0.3 is 0 Å². The summed E-state index contributed by atoms with van der Waals surface area (Å²) in [5, 5.41) is 12.0. The molecule has 0 saturated carbocycles. The number of hydrogen-bond donors (Lipinski definition) is 1. The third-order valence-electron chi connectivity index (χ3n) is 4.52. The molecule has 5 rings (SSSR count). The minimum atomic E-state index is 0.278. The second-order valence-electron chi connectivity index (χ2n) is 6.51. The number of benzene rings is 2. The quantitative estimate of drug-likeness (QED) is 0.568. The molecule has 8 nitrogen and oxygen atoms in total. The standard InChI is InChI=1S/C20H17N5O3/c1-12-24-25-19(28-12)9-21-20-15-7-13(2-4-16(15)22-10-23-20)6-14-3-5-17-18(8-14)27-11-26-17/h2-5,7-8,10H,6,9,11H2,1H3,(H,21,22,23). The van der Waals surface area contributed by atoms with E-state index in [2.05, 4.69) is 43.7 Å². The molecule has 1 N–H and O–H groups in total. The lowest BCUT2D eigenvalue weighted by Crippen LogP contribution is -2.03. The first-order valence-electron chi connectivity index (χ1n) is 8.89. The molecule has 0 spiro atoms. The normalized spacial score (nSPS) is 12.5. The van der Waals surface area contributed by atoms with Crippen LogP contribution in [0.25, 0.3) is 10.9 Å². The Balaban J connectivity index is 1.41. The van der Waals surface area contributed by atoms with Crippen LogP contribution in [0.1, 0.15) is 22.9 Å². The fourth-order valence-electron chi connectivity index (χ4n) is 3.21. The topological polar surface area (TPSA) is 95.2 Å². The van der Waals surface area contributed by atoms with Gasteiger partial charge in [0.25, 0.3) is 0 Å². The predicted molar refractivity (Wildman–Crippen MR) is 101 cm³/mol. The number of ether oxygens (including phenoxy) is 2. The molecule has 0 aliphatic carbocycles. The van der Waals surface area contributed by atoms with Crippen molar-refractivity contribution in [2.24, 2.45) is 0 Å². The number of aromatic nitrogens is 4. The summed E-state index contributed by atoms with van der Waals surface area (Å²) < 4.78 is 16.3. The summed E-state index contributed by atoms with van der Waals surface area (Å²) in [6.45, 7) is 2.44. The molecular formula is C20H17N5O3. The molecule has 2 aromatic heterocycles. The molecule has 3 heterocycles. The van der Waals surface area contributed by atoms with Gasteiger partial charge < -0.3 is 19.2 Å². The first-order valence-corrected chi connectivity index (χ1v) is 8.89. The van der Waals surface area contributed by atoms with Gasteiger partial charge in [0, 0.05) is 12.3 Å². The highest BCUT2D eigenvalue weighted by atomic mass is 16.7. The van der Waals surface area contributed by atoms with Gasteiger partial charge in [-0.3, -0.25) is 0 Å². The van der Waals surface area contributed by atoms with Crippen LogP contribution in [-0.2, 0) is 13.0 Å². The molecule has 0 saturated heterocycles. The fourth-order valence-corrected chi connectivity index (χ4v) is 3.21. The number of hydrogen-bond acceptors (Lipinski definition) is 8.